The van der Waals surface area contributed by atoms with E-state index in [0.717, 1.165) is 48.2 Å². The molecule has 1 amide bonds. The van der Waals surface area contributed by atoms with Gasteiger partial charge in [-0.1, -0.05) is 48.0 Å². The van der Waals surface area contributed by atoms with Gasteiger partial charge in [-0.05, 0) is 43.4 Å². The molecule has 29 heavy (non-hydrogen) atoms. The van der Waals surface area contributed by atoms with Crippen LogP contribution in [0.2, 0.25) is 0 Å². The number of nitrogens with zero attached hydrogens (tertiary/aromatic N) is 3. The zero-order valence-electron chi connectivity index (χ0n) is 16.8. The Kier molecular flexibility index (Phi) is 6.02. The van der Waals surface area contributed by atoms with E-state index in [9.17, 15) is 4.79 Å². The number of thioether (sulfide) groups is 1. The van der Waals surface area contributed by atoms with Gasteiger partial charge in [-0.3, -0.25) is 4.79 Å². The fraction of sp³-hybridized carbons (Fsp3) is 0.304. The SMILES string of the molecule is Cc1ccc(COc2ccccc2/C=C2\SC(N3CCN(C)CC3)=NC2=O)cc1. The van der Waals surface area contributed by atoms with Crippen molar-refractivity contribution in [2.75, 3.05) is 33.2 Å². The highest BCUT2D eigenvalue weighted by molar-refractivity contribution is 8.18. The lowest BCUT2D eigenvalue weighted by molar-refractivity contribution is -0.113. The van der Waals surface area contributed by atoms with Crippen LogP contribution in [0.4, 0.5) is 0 Å². The lowest BCUT2D eigenvalue weighted by atomic mass is 10.1. The lowest BCUT2D eigenvalue weighted by Crippen LogP contribution is -2.46. The van der Waals surface area contributed by atoms with Gasteiger partial charge in [0.25, 0.3) is 5.91 Å². The summed E-state index contributed by atoms with van der Waals surface area (Å²) in [5.41, 5.74) is 3.24. The molecular formula is C23H25N3O2S. The molecule has 0 bridgehead atoms. The maximum atomic E-state index is 12.5. The number of amidine groups is 1. The van der Waals surface area contributed by atoms with E-state index in [-0.39, 0.29) is 5.91 Å². The number of para-hydroxylation sites is 1. The molecule has 2 aromatic rings. The van der Waals surface area contributed by atoms with Crippen LogP contribution in [-0.4, -0.2) is 54.1 Å². The summed E-state index contributed by atoms with van der Waals surface area (Å²) in [6.45, 7) is 6.34. The fourth-order valence-corrected chi connectivity index (χ4v) is 4.20. The third-order valence-electron chi connectivity index (χ3n) is 5.10. The zero-order valence-corrected chi connectivity index (χ0v) is 17.6. The fourth-order valence-electron chi connectivity index (χ4n) is 3.25. The van der Waals surface area contributed by atoms with Crippen molar-refractivity contribution in [1.29, 1.82) is 0 Å². The third kappa shape index (κ3) is 4.89. The van der Waals surface area contributed by atoms with Gasteiger partial charge < -0.3 is 14.5 Å². The second kappa shape index (κ2) is 8.84. The molecule has 0 aromatic heterocycles. The molecule has 1 fully saturated rings. The van der Waals surface area contributed by atoms with Crippen molar-refractivity contribution in [2.45, 2.75) is 13.5 Å². The number of hydrogen-bond acceptors (Lipinski definition) is 5. The molecule has 4 rings (SSSR count). The largest absolute Gasteiger partial charge is 0.488 e. The number of rotatable bonds is 4. The van der Waals surface area contributed by atoms with Crippen LogP contribution in [0.5, 0.6) is 5.75 Å². The first-order valence-corrected chi connectivity index (χ1v) is 10.6. The molecular weight excluding hydrogens is 382 g/mol. The van der Waals surface area contributed by atoms with Gasteiger partial charge in [0.05, 0.1) is 4.91 Å². The van der Waals surface area contributed by atoms with Gasteiger partial charge >= 0.3 is 0 Å². The first kappa shape index (κ1) is 19.7. The predicted molar refractivity (Wildman–Crippen MR) is 119 cm³/mol. The number of benzene rings is 2. The topological polar surface area (TPSA) is 45.1 Å². The van der Waals surface area contributed by atoms with E-state index in [2.05, 4.69) is 53.0 Å². The van der Waals surface area contributed by atoms with Gasteiger partial charge in [-0.2, -0.15) is 4.99 Å². The van der Waals surface area contributed by atoms with Crippen molar-refractivity contribution in [2.24, 2.45) is 4.99 Å². The number of carbonyl (C=O) groups excluding carboxylic acids is 1. The van der Waals surface area contributed by atoms with Crippen molar-refractivity contribution >= 4 is 28.9 Å². The van der Waals surface area contributed by atoms with Crippen LogP contribution < -0.4 is 4.74 Å². The summed E-state index contributed by atoms with van der Waals surface area (Å²) in [6, 6.07) is 16.1. The quantitative estimate of drug-likeness (QED) is 0.722. The van der Waals surface area contributed by atoms with Gasteiger partial charge in [0.2, 0.25) is 0 Å². The summed E-state index contributed by atoms with van der Waals surface area (Å²) in [6.07, 6.45) is 1.89. The van der Waals surface area contributed by atoms with Gasteiger partial charge in [0.1, 0.15) is 12.4 Å². The van der Waals surface area contributed by atoms with E-state index in [4.69, 9.17) is 4.74 Å². The number of hydrogen-bond donors (Lipinski definition) is 0. The minimum atomic E-state index is -0.169. The van der Waals surface area contributed by atoms with Crippen LogP contribution in [0.15, 0.2) is 58.4 Å². The maximum Gasteiger partial charge on any atom is 0.286 e. The number of carbonyl (C=O) groups is 1. The molecule has 0 unspecified atom stereocenters. The molecule has 0 saturated carbocycles. The molecule has 2 aromatic carbocycles. The molecule has 2 aliphatic heterocycles. The van der Waals surface area contributed by atoms with Crippen LogP contribution in [0.3, 0.4) is 0 Å². The molecule has 0 aliphatic carbocycles. The highest BCUT2D eigenvalue weighted by Gasteiger charge is 2.28. The minimum absolute atomic E-state index is 0.169. The molecule has 150 valence electrons. The Hall–Kier alpha value is -2.57. The Morgan fingerprint density at radius 2 is 1.79 bits per heavy atom. The Bertz CT molecular complexity index is 945. The van der Waals surface area contributed by atoms with Crippen LogP contribution in [0.1, 0.15) is 16.7 Å². The summed E-state index contributed by atoms with van der Waals surface area (Å²) in [5, 5.41) is 0.812. The van der Waals surface area contributed by atoms with E-state index in [1.165, 1.54) is 17.3 Å². The van der Waals surface area contributed by atoms with Crippen molar-refractivity contribution in [1.82, 2.24) is 9.80 Å². The second-order valence-corrected chi connectivity index (χ2v) is 8.42. The predicted octanol–water partition coefficient (Wildman–Crippen LogP) is 3.79. The van der Waals surface area contributed by atoms with Crippen molar-refractivity contribution < 1.29 is 9.53 Å². The normalized spacial score (nSPS) is 19.0. The van der Waals surface area contributed by atoms with Crippen LogP contribution in [0.25, 0.3) is 6.08 Å². The lowest BCUT2D eigenvalue weighted by Gasteiger charge is -2.32. The van der Waals surface area contributed by atoms with Gasteiger partial charge in [0, 0.05) is 31.7 Å². The molecule has 1 saturated heterocycles. The number of ether oxygens (including phenoxy) is 1. The number of piperazine rings is 1. The molecule has 0 N–H and O–H groups in total. The molecule has 0 spiro atoms. The number of likely N-dealkylation sites (N-methyl/N-ethyl adjacent to an activating group) is 1. The standard InChI is InChI=1S/C23H25N3O2S/c1-17-7-9-18(10-8-17)16-28-20-6-4-3-5-19(20)15-21-22(27)24-23(29-21)26-13-11-25(2)12-14-26/h3-10,15H,11-14,16H2,1-2H3/b21-15-. The van der Waals surface area contributed by atoms with Crippen molar-refractivity contribution in [3.8, 4) is 5.75 Å². The first-order valence-electron chi connectivity index (χ1n) is 9.82. The smallest absolute Gasteiger partial charge is 0.286 e. The molecule has 5 nitrogen and oxygen atoms in total. The number of aryl methyl sites for hydroxylation is 1. The molecule has 0 radical (unpaired) electrons. The highest BCUT2D eigenvalue weighted by atomic mass is 32.2. The Morgan fingerprint density at radius 1 is 1.07 bits per heavy atom. The summed E-state index contributed by atoms with van der Waals surface area (Å²) in [7, 11) is 2.12. The second-order valence-electron chi connectivity index (χ2n) is 7.41. The minimum Gasteiger partial charge on any atom is -0.488 e. The summed E-state index contributed by atoms with van der Waals surface area (Å²) in [5.74, 6) is 0.597. The first-order chi connectivity index (χ1) is 14.1. The van der Waals surface area contributed by atoms with Crippen molar-refractivity contribution in [3.63, 3.8) is 0 Å². The zero-order chi connectivity index (χ0) is 20.2. The van der Waals surface area contributed by atoms with E-state index in [1.807, 2.05) is 30.3 Å². The van der Waals surface area contributed by atoms with Crippen molar-refractivity contribution in [3.05, 3.63) is 70.1 Å². The molecule has 6 heteroatoms. The van der Waals surface area contributed by atoms with E-state index in [1.54, 1.807) is 0 Å². The number of amides is 1. The maximum absolute atomic E-state index is 12.5. The van der Waals surface area contributed by atoms with Crippen LogP contribution in [-0.2, 0) is 11.4 Å². The van der Waals surface area contributed by atoms with Gasteiger partial charge in [-0.15, -0.1) is 0 Å². The highest BCUT2D eigenvalue weighted by Crippen LogP contribution is 2.32. The average Bonchev–Trinajstić information content (AvgIpc) is 3.09. The summed E-state index contributed by atoms with van der Waals surface area (Å²) < 4.78 is 6.05. The van der Waals surface area contributed by atoms with E-state index < -0.39 is 0 Å². The molecule has 2 aliphatic rings. The third-order valence-corrected chi connectivity index (χ3v) is 6.15. The van der Waals surface area contributed by atoms with Crippen LogP contribution >= 0.6 is 11.8 Å². The van der Waals surface area contributed by atoms with E-state index >= 15 is 0 Å². The number of aliphatic imine (C=N–C) groups is 1. The molecule has 0 atom stereocenters. The monoisotopic (exact) mass is 407 g/mol. The van der Waals surface area contributed by atoms with E-state index in [0.29, 0.717) is 11.5 Å². The van der Waals surface area contributed by atoms with Gasteiger partial charge in [0.15, 0.2) is 5.17 Å². The molecule has 2 heterocycles. The Balaban J connectivity index is 1.46. The average molecular weight is 408 g/mol. The summed E-state index contributed by atoms with van der Waals surface area (Å²) in [4.78, 5) is 21.9. The summed E-state index contributed by atoms with van der Waals surface area (Å²) >= 11 is 1.46. The van der Waals surface area contributed by atoms with Crippen LogP contribution in [0, 0.1) is 6.92 Å². The Morgan fingerprint density at radius 3 is 2.55 bits per heavy atom. The Labute approximate surface area is 176 Å². The van der Waals surface area contributed by atoms with Gasteiger partial charge in [-0.25, -0.2) is 0 Å².